The molecule has 1 heterocycles. The molecule has 0 aliphatic carbocycles. The van der Waals surface area contributed by atoms with E-state index in [0.717, 1.165) is 12.4 Å². The number of hydrogen-bond donors (Lipinski definition) is 2. The van der Waals surface area contributed by atoms with Crippen LogP contribution in [0.3, 0.4) is 0 Å². The van der Waals surface area contributed by atoms with Crippen LogP contribution < -0.4 is 4.72 Å². The summed E-state index contributed by atoms with van der Waals surface area (Å²) in [5.41, 5.74) is -1.07. The number of hydrogen-bond acceptors (Lipinski definition) is 4. The maximum absolute atomic E-state index is 12.2. The van der Waals surface area contributed by atoms with Gasteiger partial charge in [0.2, 0.25) is 10.0 Å². The summed E-state index contributed by atoms with van der Waals surface area (Å²) < 4.78 is 63.5. The summed E-state index contributed by atoms with van der Waals surface area (Å²) >= 11 is 0. The monoisotopic (exact) mass is 343 g/mol. The predicted octanol–water partition coefficient (Wildman–Crippen LogP) is 1.37. The van der Waals surface area contributed by atoms with Gasteiger partial charge in [-0.2, -0.15) is 18.3 Å². The molecular formula is C11H16F3N3O4S. The van der Waals surface area contributed by atoms with Gasteiger partial charge in [0.25, 0.3) is 0 Å². The summed E-state index contributed by atoms with van der Waals surface area (Å²) in [4.78, 5) is 10.1. The highest BCUT2D eigenvalue weighted by molar-refractivity contribution is 7.89. The zero-order valence-electron chi connectivity index (χ0n) is 11.9. The van der Waals surface area contributed by atoms with Crippen molar-refractivity contribution in [3.63, 3.8) is 0 Å². The van der Waals surface area contributed by atoms with Gasteiger partial charge >= 0.3 is 12.1 Å². The molecule has 7 nitrogen and oxygen atoms in total. The number of aromatic nitrogens is 2. The summed E-state index contributed by atoms with van der Waals surface area (Å²) in [5, 5.41) is 12.0. The Morgan fingerprint density at radius 2 is 2.00 bits per heavy atom. The van der Waals surface area contributed by atoms with Crippen molar-refractivity contribution in [3.05, 3.63) is 12.4 Å². The predicted molar refractivity (Wildman–Crippen MR) is 69.6 cm³/mol. The fourth-order valence-corrected chi connectivity index (χ4v) is 3.04. The Morgan fingerprint density at radius 3 is 2.50 bits per heavy atom. The van der Waals surface area contributed by atoms with E-state index in [1.165, 1.54) is 13.8 Å². The second kappa shape index (κ2) is 6.24. The lowest BCUT2D eigenvalue weighted by Gasteiger charge is -2.24. The quantitative estimate of drug-likeness (QED) is 0.778. The van der Waals surface area contributed by atoms with E-state index in [-0.39, 0.29) is 12.8 Å². The van der Waals surface area contributed by atoms with Crippen LogP contribution in [0.5, 0.6) is 0 Å². The molecule has 126 valence electrons. The van der Waals surface area contributed by atoms with Crippen molar-refractivity contribution in [2.24, 2.45) is 0 Å². The van der Waals surface area contributed by atoms with Crippen LogP contribution in [-0.4, -0.2) is 41.0 Å². The second-order valence-electron chi connectivity index (χ2n) is 5.37. The van der Waals surface area contributed by atoms with Crippen LogP contribution in [0.2, 0.25) is 0 Å². The molecule has 0 aliphatic rings. The van der Waals surface area contributed by atoms with E-state index in [4.69, 9.17) is 5.11 Å². The first-order valence-electron chi connectivity index (χ1n) is 6.16. The number of carbonyl (C=O) groups is 1. The number of alkyl halides is 3. The van der Waals surface area contributed by atoms with E-state index in [2.05, 4.69) is 9.82 Å². The number of nitrogens with zero attached hydrogens (tertiary/aromatic N) is 2. The van der Waals surface area contributed by atoms with Crippen molar-refractivity contribution in [1.29, 1.82) is 0 Å². The maximum Gasteiger partial charge on any atom is 0.408 e. The minimum absolute atomic E-state index is 0.0260. The zero-order valence-corrected chi connectivity index (χ0v) is 12.7. The molecule has 0 unspecified atom stereocenters. The van der Waals surface area contributed by atoms with Crippen LogP contribution in [0.4, 0.5) is 13.2 Å². The molecule has 0 aliphatic heterocycles. The van der Waals surface area contributed by atoms with Gasteiger partial charge in [-0.25, -0.2) is 13.1 Å². The van der Waals surface area contributed by atoms with Gasteiger partial charge in [-0.05, 0) is 20.3 Å². The zero-order chi connectivity index (χ0) is 17.2. The molecule has 1 aromatic heterocycles. The Bertz CT molecular complexity index is 637. The summed E-state index contributed by atoms with van der Waals surface area (Å²) in [6, 6.07) is 0. The lowest BCUT2D eigenvalue weighted by Crippen LogP contribution is -2.43. The van der Waals surface area contributed by atoms with Crippen molar-refractivity contribution >= 4 is 16.0 Å². The Hall–Kier alpha value is -1.62. The third kappa shape index (κ3) is 6.02. The van der Waals surface area contributed by atoms with Crippen molar-refractivity contribution in [2.75, 3.05) is 0 Å². The smallest absolute Gasteiger partial charge is 0.408 e. The van der Waals surface area contributed by atoms with Crippen molar-refractivity contribution in [3.8, 4) is 0 Å². The fourth-order valence-electron chi connectivity index (χ4n) is 1.65. The first-order valence-corrected chi connectivity index (χ1v) is 7.64. The molecule has 2 N–H and O–H groups in total. The van der Waals surface area contributed by atoms with Crippen LogP contribution >= 0.6 is 0 Å². The molecule has 0 fully saturated rings. The van der Waals surface area contributed by atoms with Gasteiger partial charge < -0.3 is 5.11 Å². The molecule has 0 bridgehead atoms. The maximum atomic E-state index is 12.2. The highest BCUT2D eigenvalue weighted by atomic mass is 32.2. The first kappa shape index (κ1) is 18.4. The normalized spacial score (nSPS) is 13.3. The van der Waals surface area contributed by atoms with Crippen molar-refractivity contribution < 1.29 is 31.5 Å². The van der Waals surface area contributed by atoms with E-state index >= 15 is 0 Å². The molecule has 0 radical (unpaired) electrons. The van der Waals surface area contributed by atoms with Gasteiger partial charge in [0.05, 0.1) is 6.20 Å². The molecule has 1 rings (SSSR count). The van der Waals surface area contributed by atoms with E-state index in [1.54, 1.807) is 0 Å². The average Bonchev–Trinajstić information content (AvgIpc) is 2.72. The van der Waals surface area contributed by atoms with Gasteiger partial charge in [0, 0.05) is 18.2 Å². The third-order valence-electron chi connectivity index (χ3n) is 2.64. The number of nitrogens with one attached hydrogen (secondary N) is 1. The largest absolute Gasteiger partial charge is 0.481 e. The SMILES string of the molecule is CC(C)(CCC(=O)O)NS(=O)(=O)c1cnn(CC(F)(F)F)c1. The van der Waals surface area contributed by atoms with Crippen molar-refractivity contribution in [2.45, 2.75) is 49.8 Å². The van der Waals surface area contributed by atoms with Gasteiger partial charge in [0.15, 0.2) is 0 Å². The minimum atomic E-state index is -4.51. The fraction of sp³-hybridized carbons (Fsp3) is 0.636. The van der Waals surface area contributed by atoms with E-state index in [1.807, 2.05) is 0 Å². The van der Waals surface area contributed by atoms with Crippen molar-refractivity contribution in [1.82, 2.24) is 14.5 Å². The first-order chi connectivity index (χ1) is 9.81. The van der Waals surface area contributed by atoms with Crippen LogP contribution in [0.1, 0.15) is 26.7 Å². The molecule has 11 heteroatoms. The van der Waals surface area contributed by atoms with E-state index < -0.39 is 39.1 Å². The number of carboxylic acid groups (broad SMARTS) is 1. The standard InChI is InChI=1S/C11H16F3N3O4S/c1-10(2,4-3-9(18)19)16-22(20,21)8-5-15-17(6-8)7-11(12,13)14/h5-6,16H,3-4,7H2,1-2H3,(H,18,19). The number of aliphatic carboxylic acids is 1. The molecule has 0 aromatic carbocycles. The lowest BCUT2D eigenvalue weighted by molar-refractivity contribution is -0.142. The highest BCUT2D eigenvalue weighted by Crippen LogP contribution is 2.20. The Balaban J connectivity index is 2.84. The van der Waals surface area contributed by atoms with Gasteiger partial charge in [0.1, 0.15) is 11.4 Å². The number of sulfonamides is 1. The molecule has 0 amide bonds. The summed E-state index contributed by atoms with van der Waals surface area (Å²) in [6.45, 7) is 1.56. The molecule has 0 saturated heterocycles. The summed E-state index contributed by atoms with van der Waals surface area (Å²) in [6.07, 6.45) is -3.16. The molecule has 0 spiro atoms. The summed E-state index contributed by atoms with van der Waals surface area (Å²) in [5.74, 6) is -1.08. The van der Waals surface area contributed by atoms with E-state index in [0.29, 0.717) is 4.68 Å². The third-order valence-corrected chi connectivity index (χ3v) is 4.29. The van der Waals surface area contributed by atoms with Gasteiger partial charge in [-0.15, -0.1) is 0 Å². The molecule has 22 heavy (non-hydrogen) atoms. The van der Waals surface area contributed by atoms with Crippen LogP contribution in [0, 0.1) is 0 Å². The van der Waals surface area contributed by atoms with Crippen LogP contribution in [0.25, 0.3) is 0 Å². The average molecular weight is 343 g/mol. The van der Waals surface area contributed by atoms with Gasteiger partial charge in [-0.1, -0.05) is 0 Å². The Labute approximate surface area is 125 Å². The van der Waals surface area contributed by atoms with Crippen LogP contribution in [0.15, 0.2) is 17.3 Å². The topological polar surface area (TPSA) is 101 Å². The lowest BCUT2D eigenvalue weighted by atomic mass is 10.0. The molecule has 0 saturated carbocycles. The highest BCUT2D eigenvalue weighted by Gasteiger charge is 2.31. The second-order valence-corrected chi connectivity index (χ2v) is 7.05. The Morgan fingerprint density at radius 1 is 1.41 bits per heavy atom. The number of carboxylic acids is 1. The van der Waals surface area contributed by atoms with Gasteiger partial charge in [-0.3, -0.25) is 9.48 Å². The molecule has 0 atom stereocenters. The minimum Gasteiger partial charge on any atom is -0.481 e. The van der Waals surface area contributed by atoms with E-state index in [9.17, 15) is 26.4 Å². The molecular weight excluding hydrogens is 327 g/mol. The Kier molecular flexibility index (Phi) is 5.23. The summed E-state index contributed by atoms with van der Waals surface area (Å²) in [7, 11) is -4.09. The number of rotatable bonds is 7. The molecule has 1 aromatic rings. The number of halogens is 3. The van der Waals surface area contributed by atoms with Crippen LogP contribution in [-0.2, 0) is 21.4 Å².